The molecule has 132 valence electrons. The molecule has 0 aromatic carbocycles. The van der Waals surface area contributed by atoms with Gasteiger partial charge in [0.05, 0.1) is 18.8 Å². The summed E-state index contributed by atoms with van der Waals surface area (Å²) in [6.07, 6.45) is 3.66. The third-order valence-corrected chi connectivity index (χ3v) is 5.21. The smallest absolute Gasteiger partial charge is 0.0900 e. The molecule has 1 aliphatic carbocycles. The predicted octanol–water partition coefficient (Wildman–Crippen LogP) is 3.94. The molecular weight excluding hydrogens is 274 g/mol. The second-order valence-corrected chi connectivity index (χ2v) is 8.24. The molecule has 1 aliphatic rings. The van der Waals surface area contributed by atoms with Gasteiger partial charge in [-0.1, -0.05) is 27.2 Å². The van der Waals surface area contributed by atoms with Crippen molar-refractivity contribution in [3.63, 3.8) is 0 Å². The van der Waals surface area contributed by atoms with Crippen molar-refractivity contribution in [2.24, 2.45) is 17.8 Å². The van der Waals surface area contributed by atoms with E-state index in [-0.39, 0.29) is 0 Å². The Bertz CT molecular complexity index is 296. The molecule has 22 heavy (non-hydrogen) atoms. The van der Waals surface area contributed by atoms with Crippen molar-refractivity contribution < 1.29 is 9.84 Å². The van der Waals surface area contributed by atoms with Crippen molar-refractivity contribution in [2.45, 2.75) is 92.0 Å². The van der Waals surface area contributed by atoms with Crippen molar-refractivity contribution in [2.75, 3.05) is 13.2 Å². The van der Waals surface area contributed by atoms with Crippen LogP contribution in [0.2, 0.25) is 0 Å². The average Bonchev–Trinajstić information content (AvgIpc) is 2.41. The molecule has 1 N–H and O–H groups in total. The zero-order chi connectivity index (χ0) is 16.9. The van der Waals surface area contributed by atoms with Gasteiger partial charge in [0.1, 0.15) is 0 Å². The quantitative estimate of drug-likeness (QED) is 0.736. The molecule has 0 saturated heterocycles. The normalized spacial score (nSPS) is 28.1. The highest BCUT2D eigenvalue weighted by Gasteiger charge is 2.32. The lowest BCUT2D eigenvalue weighted by Gasteiger charge is -2.38. The molecular formula is C19H39NO2. The zero-order valence-electron chi connectivity index (χ0n) is 15.9. The Morgan fingerprint density at radius 3 is 2.14 bits per heavy atom. The van der Waals surface area contributed by atoms with Crippen molar-refractivity contribution in [3.05, 3.63) is 0 Å². The van der Waals surface area contributed by atoms with Crippen LogP contribution in [-0.4, -0.2) is 47.4 Å². The lowest BCUT2D eigenvalue weighted by Crippen LogP contribution is -2.44. The van der Waals surface area contributed by atoms with Gasteiger partial charge in [-0.05, 0) is 58.3 Å². The van der Waals surface area contributed by atoms with E-state index in [0.29, 0.717) is 43.2 Å². The highest BCUT2D eigenvalue weighted by molar-refractivity contribution is 4.82. The molecule has 1 fully saturated rings. The second kappa shape index (κ2) is 9.24. The van der Waals surface area contributed by atoms with Crippen LogP contribution >= 0.6 is 0 Å². The van der Waals surface area contributed by atoms with Gasteiger partial charge >= 0.3 is 0 Å². The van der Waals surface area contributed by atoms with E-state index in [4.69, 9.17) is 4.74 Å². The molecule has 0 aliphatic heterocycles. The number of nitrogens with zero attached hydrogens (tertiary/aromatic N) is 1. The summed E-state index contributed by atoms with van der Waals surface area (Å²) in [5.74, 6) is 2.06. The van der Waals surface area contributed by atoms with E-state index in [1.807, 2.05) is 0 Å². The molecule has 0 spiro atoms. The fraction of sp³-hybridized carbons (Fsp3) is 1.00. The van der Waals surface area contributed by atoms with Crippen LogP contribution in [0.5, 0.6) is 0 Å². The molecule has 1 saturated carbocycles. The van der Waals surface area contributed by atoms with Gasteiger partial charge in [-0.15, -0.1) is 0 Å². The van der Waals surface area contributed by atoms with Gasteiger partial charge in [-0.2, -0.15) is 0 Å². The Morgan fingerprint density at radius 2 is 1.64 bits per heavy atom. The molecule has 0 unspecified atom stereocenters. The van der Waals surface area contributed by atoms with E-state index in [1.165, 1.54) is 12.8 Å². The third-order valence-electron chi connectivity index (χ3n) is 5.21. The molecule has 1 rings (SSSR count). The zero-order valence-corrected chi connectivity index (χ0v) is 15.9. The van der Waals surface area contributed by atoms with E-state index in [0.717, 1.165) is 12.3 Å². The van der Waals surface area contributed by atoms with Crippen LogP contribution in [0.1, 0.15) is 67.7 Å². The fourth-order valence-electron chi connectivity index (χ4n) is 3.86. The van der Waals surface area contributed by atoms with Crippen molar-refractivity contribution >= 4 is 0 Å². The van der Waals surface area contributed by atoms with E-state index < -0.39 is 6.10 Å². The van der Waals surface area contributed by atoms with Gasteiger partial charge in [0.15, 0.2) is 0 Å². The first-order valence-electron chi connectivity index (χ1n) is 9.27. The largest absolute Gasteiger partial charge is 0.389 e. The molecule has 0 heterocycles. The number of aliphatic hydroxyl groups is 1. The summed E-state index contributed by atoms with van der Waals surface area (Å²) in [6, 6.07) is 0.903. The standard InChI is InChI=1S/C19H39NO2/c1-13(2)18-9-8-16(7)10-19(18)22-12-17(21)11-20(14(3)4)15(5)6/h13-19,21H,8-12H2,1-7H3/t16-,17-,18+,19-/m1/s1. The maximum Gasteiger partial charge on any atom is 0.0900 e. The fourth-order valence-corrected chi connectivity index (χ4v) is 3.86. The van der Waals surface area contributed by atoms with Crippen LogP contribution in [0.3, 0.4) is 0 Å². The highest BCUT2D eigenvalue weighted by atomic mass is 16.5. The maximum absolute atomic E-state index is 10.4. The predicted molar refractivity (Wildman–Crippen MR) is 94.1 cm³/mol. The molecule has 0 amide bonds. The first-order valence-corrected chi connectivity index (χ1v) is 9.27. The molecule has 0 radical (unpaired) electrons. The number of hydrogen-bond donors (Lipinski definition) is 1. The van der Waals surface area contributed by atoms with Gasteiger partial charge in [-0.3, -0.25) is 4.90 Å². The lowest BCUT2D eigenvalue weighted by atomic mass is 9.75. The van der Waals surface area contributed by atoms with E-state index >= 15 is 0 Å². The van der Waals surface area contributed by atoms with Crippen molar-refractivity contribution in [1.82, 2.24) is 4.90 Å². The number of ether oxygens (including phenoxy) is 1. The summed E-state index contributed by atoms with van der Waals surface area (Å²) in [7, 11) is 0. The Kier molecular flexibility index (Phi) is 8.37. The summed E-state index contributed by atoms with van der Waals surface area (Å²) >= 11 is 0. The van der Waals surface area contributed by atoms with Gasteiger partial charge in [0, 0.05) is 18.6 Å². The number of rotatable bonds is 8. The topological polar surface area (TPSA) is 32.7 Å². The Balaban J connectivity index is 2.48. The van der Waals surface area contributed by atoms with Crippen LogP contribution in [0.4, 0.5) is 0 Å². The van der Waals surface area contributed by atoms with Crippen LogP contribution in [0, 0.1) is 17.8 Å². The lowest BCUT2D eigenvalue weighted by molar-refractivity contribution is -0.0767. The molecule has 4 atom stereocenters. The third kappa shape index (κ3) is 6.17. The Hall–Kier alpha value is -0.120. The van der Waals surface area contributed by atoms with Crippen LogP contribution < -0.4 is 0 Å². The van der Waals surface area contributed by atoms with Gasteiger partial charge in [0.25, 0.3) is 0 Å². The summed E-state index contributed by atoms with van der Waals surface area (Å²) in [6.45, 7) is 16.8. The Labute approximate surface area is 138 Å². The molecule has 0 aromatic heterocycles. The minimum Gasteiger partial charge on any atom is -0.389 e. The number of hydrogen-bond acceptors (Lipinski definition) is 3. The van der Waals surface area contributed by atoms with Gasteiger partial charge < -0.3 is 9.84 Å². The maximum atomic E-state index is 10.4. The SMILES string of the molecule is CC(C)[C@@H]1CC[C@@H](C)C[C@H]1OC[C@H](O)CN(C(C)C)C(C)C. The van der Waals surface area contributed by atoms with Gasteiger partial charge in [-0.25, -0.2) is 0 Å². The Morgan fingerprint density at radius 1 is 1.05 bits per heavy atom. The van der Waals surface area contributed by atoms with E-state index in [2.05, 4.69) is 53.4 Å². The monoisotopic (exact) mass is 313 g/mol. The molecule has 0 aromatic rings. The van der Waals surface area contributed by atoms with Crippen LogP contribution in [0.25, 0.3) is 0 Å². The molecule has 0 bridgehead atoms. The summed E-state index contributed by atoms with van der Waals surface area (Å²) < 4.78 is 6.17. The second-order valence-electron chi connectivity index (χ2n) is 8.24. The minimum absolute atomic E-state index is 0.324. The van der Waals surface area contributed by atoms with E-state index in [9.17, 15) is 5.11 Å². The van der Waals surface area contributed by atoms with Crippen molar-refractivity contribution in [1.29, 1.82) is 0 Å². The van der Waals surface area contributed by atoms with E-state index in [1.54, 1.807) is 0 Å². The highest BCUT2D eigenvalue weighted by Crippen LogP contribution is 2.35. The summed E-state index contributed by atoms with van der Waals surface area (Å²) in [4.78, 5) is 2.33. The molecule has 3 heteroatoms. The minimum atomic E-state index is -0.394. The van der Waals surface area contributed by atoms with Crippen LogP contribution in [-0.2, 0) is 4.74 Å². The molecule has 3 nitrogen and oxygen atoms in total. The van der Waals surface area contributed by atoms with Gasteiger partial charge in [0.2, 0.25) is 0 Å². The first-order chi connectivity index (χ1) is 10.2. The number of aliphatic hydroxyl groups excluding tert-OH is 1. The summed E-state index contributed by atoms with van der Waals surface area (Å²) in [5, 5.41) is 10.4. The first kappa shape index (κ1) is 19.9. The summed E-state index contributed by atoms with van der Waals surface area (Å²) in [5.41, 5.74) is 0. The van der Waals surface area contributed by atoms with Crippen molar-refractivity contribution in [3.8, 4) is 0 Å². The van der Waals surface area contributed by atoms with Crippen LogP contribution in [0.15, 0.2) is 0 Å². The average molecular weight is 314 g/mol.